The third kappa shape index (κ3) is 5.18. The number of nitrogens with two attached hydrogens (primary N) is 1. The molecule has 1 amide bonds. The summed E-state index contributed by atoms with van der Waals surface area (Å²) in [7, 11) is 0. The summed E-state index contributed by atoms with van der Waals surface area (Å²) in [6.45, 7) is -0.108. The molecular weight excluding hydrogens is 393 g/mol. The Morgan fingerprint density at radius 1 is 1.36 bits per heavy atom. The van der Waals surface area contributed by atoms with Crippen molar-refractivity contribution in [2.45, 2.75) is 25.7 Å². The maximum absolute atomic E-state index is 11.3. The molecule has 4 N–H and O–H groups in total. The number of carbonyl (C=O) groups excluding carboxylic acids is 1. The molecular formula is C15H20IN5O. The molecule has 0 spiro atoms. The summed E-state index contributed by atoms with van der Waals surface area (Å²) >= 11 is 0. The number of halogens is 1. The van der Waals surface area contributed by atoms with Crippen molar-refractivity contribution in [2.24, 2.45) is 10.7 Å². The number of aliphatic imine (C=N–C) groups is 1. The lowest BCUT2D eigenvalue weighted by Gasteiger charge is -2.19. The average molecular weight is 413 g/mol. The van der Waals surface area contributed by atoms with Crippen LogP contribution in [0.4, 0.5) is 5.69 Å². The Kier molecular flexibility index (Phi) is 7.66. The summed E-state index contributed by atoms with van der Waals surface area (Å²) in [5.74, 6) is -0.113. The Morgan fingerprint density at radius 2 is 2.14 bits per heavy atom. The van der Waals surface area contributed by atoms with Crippen LogP contribution in [0.3, 0.4) is 0 Å². The van der Waals surface area contributed by atoms with Crippen molar-refractivity contribution in [3.8, 4) is 6.07 Å². The zero-order valence-corrected chi connectivity index (χ0v) is 14.6. The number of nitrogens with zero attached hydrogens (tertiary/aromatic N) is 2. The number of aryl methyl sites for hydroxylation is 1. The maximum atomic E-state index is 11.3. The number of nitriles is 1. The quantitative estimate of drug-likeness (QED) is 0.302. The summed E-state index contributed by atoms with van der Waals surface area (Å²) in [4.78, 5) is 15.3. The Bertz CT molecular complexity index is 594. The maximum Gasteiger partial charge on any atom is 0.242 e. The van der Waals surface area contributed by atoms with Crippen LogP contribution in [0.5, 0.6) is 0 Å². The number of nitrogens with one attached hydrogen (secondary N) is 2. The van der Waals surface area contributed by atoms with Crippen molar-refractivity contribution in [3.05, 3.63) is 29.3 Å². The van der Waals surface area contributed by atoms with Gasteiger partial charge in [-0.15, -0.1) is 24.0 Å². The number of hydrogen-bond donors (Lipinski definition) is 3. The van der Waals surface area contributed by atoms with Gasteiger partial charge in [0.2, 0.25) is 5.91 Å². The fraction of sp³-hybridized carbons (Fsp3) is 0.400. The van der Waals surface area contributed by atoms with Crippen LogP contribution in [0.15, 0.2) is 23.2 Å². The highest BCUT2D eigenvalue weighted by Gasteiger charge is 2.13. The Morgan fingerprint density at radius 3 is 2.91 bits per heavy atom. The molecule has 1 aromatic rings. The fourth-order valence-corrected chi connectivity index (χ4v) is 2.43. The molecule has 7 heteroatoms. The number of guanidine groups is 1. The van der Waals surface area contributed by atoms with E-state index in [-0.39, 0.29) is 48.9 Å². The Balaban J connectivity index is 0.00000242. The van der Waals surface area contributed by atoms with Gasteiger partial charge < -0.3 is 16.4 Å². The van der Waals surface area contributed by atoms with Gasteiger partial charge in [-0.1, -0.05) is 12.1 Å². The van der Waals surface area contributed by atoms with Crippen LogP contribution in [0, 0.1) is 11.3 Å². The predicted octanol–water partition coefficient (Wildman–Crippen LogP) is 1.55. The van der Waals surface area contributed by atoms with E-state index < -0.39 is 0 Å². The molecule has 1 aliphatic carbocycles. The minimum Gasteiger partial charge on any atom is -0.370 e. The SMILES string of the molecule is I.N#CCNC(=O)CN=C(N)Nc1cccc2c1CCCC2. The minimum absolute atomic E-state index is 0. The third-order valence-electron chi connectivity index (χ3n) is 3.42. The zero-order valence-electron chi connectivity index (χ0n) is 12.3. The van der Waals surface area contributed by atoms with Gasteiger partial charge in [0.05, 0.1) is 6.07 Å². The minimum atomic E-state index is -0.323. The molecule has 0 aliphatic heterocycles. The van der Waals surface area contributed by atoms with Crippen molar-refractivity contribution < 1.29 is 4.79 Å². The highest BCUT2D eigenvalue weighted by Crippen LogP contribution is 2.27. The number of carbonyl (C=O) groups is 1. The smallest absolute Gasteiger partial charge is 0.242 e. The predicted molar refractivity (Wildman–Crippen MR) is 97.2 cm³/mol. The highest BCUT2D eigenvalue weighted by molar-refractivity contribution is 14.0. The lowest BCUT2D eigenvalue weighted by molar-refractivity contribution is -0.119. The van der Waals surface area contributed by atoms with Gasteiger partial charge in [-0.3, -0.25) is 4.79 Å². The molecule has 0 bridgehead atoms. The second-order valence-electron chi connectivity index (χ2n) is 4.91. The number of rotatable bonds is 4. The average Bonchev–Trinajstić information content (AvgIpc) is 2.51. The van der Waals surface area contributed by atoms with Crippen molar-refractivity contribution in [2.75, 3.05) is 18.4 Å². The van der Waals surface area contributed by atoms with E-state index >= 15 is 0 Å². The Labute approximate surface area is 147 Å². The molecule has 2 rings (SSSR count). The second-order valence-corrected chi connectivity index (χ2v) is 4.91. The van der Waals surface area contributed by atoms with E-state index in [1.807, 2.05) is 18.2 Å². The van der Waals surface area contributed by atoms with E-state index in [1.165, 1.54) is 24.0 Å². The Hall–Kier alpha value is -1.82. The van der Waals surface area contributed by atoms with E-state index in [2.05, 4.69) is 21.7 Å². The first kappa shape index (κ1) is 18.2. The van der Waals surface area contributed by atoms with Gasteiger partial charge in [0.1, 0.15) is 13.1 Å². The molecule has 1 aromatic carbocycles. The molecule has 0 atom stereocenters. The molecule has 22 heavy (non-hydrogen) atoms. The molecule has 0 aromatic heterocycles. The topological polar surface area (TPSA) is 103 Å². The summed E-state index contributed by atoms with van der Waals surface area (Å²) in [6.07, 6.45) is 4.53. The largest absolute Gasteiger partial charge is 0.370 e. The van der Waals surface area contributed by atoms with Crippen LogP contribution < -0.4 is 16.4 Å². The molecule has 0 heterocycles. The van der Waals surface area contributed by atoms with Crippen LogP contribution in [0.25, 0.3) is 0 Å². The fourth-order valence-electron chi connectivity index (χ4n) is 2.43. The van der Waals surface area contributed by atoms with Crippen LogP contribution in [0.1, 0.15) is 24.0 Å². The van der Waals surface area contributed by atoms with Crippen LogP contribution in [0.2, 0.25) is 0 Å². The lowest BCUT2D eigenvalue weighted by Crippen LogP contribution is -2.29. The molecule has 118 valence electrons. The molecule has 6 nitrogen and oxygen atoms in total. The van der Waals surface area contributed by atoms with Crippen molar-refractivity contribution in [3.63, 3.8) is 0 Å². The third-order valence-corrected chi connectivity index (χ3v) is 3.42. The molecule has 0 unspecified atom stereocenters. The highest BCUT2D eigenvalue weighted by atomic mass is 127. The zero-order chi connectivity index (χ0) is 15.1. The van der Waals surface area contributed by atoms with E-state index in [4.69, 9.17) is 11.0 Å². The number of amides is 1. The van der Waals surface area contributed by atoms with Gasteiger partial charge in [-0.05, 0) is 42.9 Å². The molecule has 0 saturated carbocycles. The molecule has 0 fully saturated rings. The van der Waals surface area contributed by atoms with Crippen LogP contribution >= 0.6 is 24.0 Å². The first-order valence-electron chi connectivity index (χ1n) is 7.02. The van der Waals surface area contributed by atoms with Crippen molar-refractivity contribution in [1.82, 2.24) is 5.32 Å². The van der Waals surface area contributed by atoms with Gasteiger partial charge in [0.25, 0.3) is 0 Å². The van der Waals surface area contributed by atoms with E-state index in [0.717, 1.165) is 18.5 Å². The number of hydrogen-bond acceptors (Lipinski definition) is 3. The lowest BCUT2D eigenvalue weighted by atomic mass is 9.90. The van der Waals surface area contributed by atoms with Crippen LogP contribution in [-0.4, -0.2) is 25.0 Å². The summed E-state index contributed by atoms with van der Waals surface area (Å²) in [5, 5.41) is 13.8. The molecule has 0 radical (unpaired) electrons. The monoisotopic (exact) mass is 413 g/mol. The van der Waals surface area contributed by atoms with Crippen LogP contribution in [-0.2, 0) is 17.6 Å². The summed E-state index contributed by atoms with van der Waals surface area (Å²) < 4.78 is 0. The van der Waals surface area contributed by atoms with Gasteiger partial charge in [-0.2, -0.15) is 5.26 Å². The van der Waals surface area contributed by atoms with E-state index in [1.54, 1.807) is 0 Å². The molecule has 0 saturated heterocycles. The molecule has 1 aliphatic rings. The first-order chi connectivity index (χ1) is 10.2. The standard InChI is InChI=1S/C15H19N5O.HI/c16-8-9-18-14(21)10-19-15(17)20-13-7-3-5-11-4-1-2-6-12(11)13;/h3,5,7H,1-2,4,6,9-10H2,(H,18,21)(H3,17,19,20);1H. The summed E-state index contributed by atoms with van der Waals surface area (Å²) in [5.41, 5.74) is 9.41. The van der Waals surface area contributed by atoms with E-state index in [9.17, 15) is 4.79 Å². The van der Waals surface area contributed by atoms with Gasteiger partial charge in [0, 0.05) is 5.69 Å². The first-order valence-corrected chi connectivity index (χ1v) is 7.02. The van der Waals surface area contributed by atoms with Gasteiger partial charge in [-0.25, -0.2) is 4.99 Å². The van der Waals surface area contributed by atoms with Gasteiger partial charge in [0.15, 0.2) is 5.96 Å². The van der Waals surface area contributed by atoms with E-state index in [0.29, 0.717) is 0 Å². The van der Waals surface area contributed by atoms with Crippen molar-refractivity contribution in [1.29, 1.82) is 5.26 Å². The number of benzene rings is 1. The van der Waals surface area contributed by atoms with Gasteiger partial charge >= 0.3 is 0 Å². The summed E-state index contributed by atoms with van der Waals surface area (Å²) in [6, 6.07) is 7.95. The second kappa shape index (κ2) is 9.25. The number of anilines is 1. The number of fused-ring (bicyclic) bond motifs is 1. The van der Waals surface area contributed by atoms with Crippen molar-refractivity contribution >= 4 is 41.5 Å². The normalized spacial score (nSPS) is 13.3.